The number of cyclic esters (lactones) is 1. The van der Waals surface area contributed by atoms with Gasteiger partial charge in [0, 0.05) is 0 Å². The molecule has 1 saturated heterocycles. The van der Waals surface area contributed by atoms with Crippen LogP contribution in [-0.4, -0.2) is 30.0 Å². The number of carbonyl (C=O) groups excluding carboxylic acids is 1. The minimum Gasteiger partial charge on any atom is -0.442 e. The second-order valence-corrected chi connectivity index (χ2v) is 3.57. The summed E-state index contributed by atoms with van der Waals surface area (Å²) in [5, 5.41) is 11.7. The van der Waals surface area contributed by atoms with Crippen LogP contribution in [0.25, 0.3) is 0 Å². The van der Waals surface area contributed by atoms with Crippen LogP contribution in [0.5, 0.6) is 0 Å². The van der Waals surface area contributed by atoms with Crippen molar-refractivity contribution in [3.8, 4) is 0 Å². The molecule has 4 nitrogen and oxygen atoms in total. The van der Waals surface area contributed by atoms with E-state index < -0.39 is 12.2 Å². The first-order valence-electron chi connectivity index (χ1n) is 4.91. The number of hydrogen-bond acceptors (Lipinski definition) is 3. The summed E-state index contributed by atoms with van der Waals surface area (Å²) in [6.07, 6.45) is -0.203. The molecule has 1 aliphatic heterocycles. The molecule has 1 fully saturated rings. The Morgan fingerprint density at radius 1 is 1.33 bits per heavy atom. The first-order chi connectivity index (χ1) is 7.29. The van der Waals surface area contributed by atoms with Crippen LogP contribution in [0.1, 0.15) is 5.56 Å². The van der Waals surface area contributed by atoms with Gasteiger partial charge < -0.3 is 15.2 Å². The normalized spacial score (nSPS) is 24.7. The average Bonchev–Trinajstić information content (AvgIpc) is 2.60. The molecule has 0 spiro atoms. The molecular formula is C11H13NO3. The molecule has 0 aliphatic carbocycles. The number of carbonyl (C=O) groups is 1. The van der Waals surface area contributed by atoms with E-state index in [9.17, 15) is 4.79 Å². The fourth-order valence-electron chi connectivity index (χ4n) is 1.71. The van der Waals surface area contributed by atoms with E-state index in [0.717, 1.165) is 5.56 Å². The van der Waals surface area contributed by atoms with Crippen molar-refractivity contribution in [1.82, 2.24) is 5.32 Å². The lowest BCUT2D eigenvalue weighted by Gasteiger charge is -2.14. The molecular weight excluding hydrogens is 194 g/mol. The Morgan fingerprint density at radius 3 is 2.73 bits per heavy atom. The molecule has 4 heteroatoms. The molecule has 0 aromatic heterocycles. The SMILES string of the molecule is O=C1N[C@H](Cc2ccccc2)[C@H](CO)O1. The van der Waals surface area contributed by atoms with Crippen LogP contribution in [0.15, 0.2) is 30.3 Å². The Kier molecular flexibility index (Phi) is 2.87. The van der Waals surface area contributed by atoms with Crippen LogP contribution < -0.4 is 5.32 Å². The number of amides is 1. The van der Waals surface area contributed by atoms with Gasteiger partial charge in [0.05, 0.1) is 12.6 Å². The van der Waals surface area contributed by atoms with Gasteiger partial charge in [0.1, 0.15) is 6.10 Å². The van der Waals surface area contributed by atoms with Crippen molar-refractivity contribution in [2.24, 2.45) is 0 Å². The molecule has 1 aliphatic rings. The van der Waals surface area contributed by atoms with E-state index in [1.165, 1.54) is 0 Å². The van der Waals surface area contributed by atoms with Crippen LogP contribution in [0.4, 0.5) is 4.79 Å². The standard InChI is InChI=1S/C11H13NO3/c13-7-10-9(12-11(14)15-10)6-8-4-2-1-3-5-8/h1-5,9-10,13H,6-7H2,(H,12,14)/t9-,10+/m1/s1. The number of aliphatic hydroxyl groups excluding tert-OH is 1. The Balaban J connectivity index is 2.03. The molecule has 1 heterocycles. The minimum absolute atomic E-state index is 0.134. The summed E-state index contributed by atoms with van der Waals surface area (Å²) < 4.78 is 4.90. The van der Waals surface area contributed by atoms with E-state index in [2.05, 4.69) is 5.32 Å². The van der Waals surface area contributed by atoms with Gasteiger partial charge in [-0.2, -0.15) is 0 Å². The van der Waals surface area contributed by atoms with Crippen molar-refractivity contribution < 1.29 is 14.6 Å². The number of rotatable bonds is 3. The van der Waals surface area contributed by atoms with Gasteiger partial charge in [-0.3, -0.25) is 0 Å². The summed E-state index contributed by atoms with van der Waals surface area (Å²) in [6, 6.07) is 9.67. The van der Waals surface area contributed by atoms with E-state index in [-0.39, 0.29) is 12.6 Å². The smallest absolute Gasteiger partial charge is 0.407 e. The summed E-state index contributed by atoms with van der Waals surface area (Å²) in [5.41, 5.74) is 1.12. The summed E-state index contributed by atoms with van der Waals surface area (Å²) in [7, 11) is 0. The van der Waals surface area contributed by atoms with Gasteiger partial charge in [-0.05, 0) is 12.0 Å². The summed E-state index contributed by atoms with van der Waals surface area (Å²) in [4.78, 5) is 11.0. The molecule has 0 unspecified atom stereocenters. The van der Waals surface area contributed by atoms with Crippen LogP contribution in [-0.2, 0) is 11.2 Å². The van der Waals surface area contributed by atoms with Gasteiger partial charge >= 0.3 is 6.09 Å². The van der Waals surface area contributed by atoms with Crippen molar-refractivity contribution in [3.63, 3.8) is 0 Å². The lowest BCUT2D eigenvalue weighted by molar-refractivity contribution is 0.0829. The average molecular weight is 207 g/mol. The Hall–Kier alpha value is -1.55. The third kappa shape index (κ3) is 2.27. The molecule has 0 bridgehead atoms. The molecule has 15 heavy (non-hydrogen) atoms. The van der Waals surface area contributed by atoms with E-state index in [4.69, 9.17) is 9.84 Å². The predicted octanol–water partition coefficient (Wildman–Crippen LogP) is 0.698. The topological polar surface area (TPSA) is 58.6 Å². The molecule has 0 saturated carbocycles. The summed E-state index contributed by atoms with van der Waals surface area (Å²) in [5.74, 6) is 0. The molecule has 1 aromatic rings. The van der Waals surface area contributed by atoms with Crippen LogP contribution in [0.3, 0.4) is 0 Å². The fourth-order valence-corrected chi connectivity index (χ4v) is 1.71. The molecule has 1 amide bonds. The zero-order chi connectivity index (χ0) is 10.7. The van der Waals surface area contributed by atoms with Gasteiger partial charge in [-0.15, -0.1) is 0 Å². The fraction of sp³-hybridized carbons (Fsp3) is 0.364. The highest BCUT2D eigenvalue weighted by molar-refractivity contribution is 5.70. The van der Waals surface area contributed by atoms with Gasteiger partial charge in [0.2, 0.25) is 0 Å². The maximum Gasteiger partial charge on any atom is 0.407 e. The lowest BCUT2D eigenvalue weighted by Crippen LogP contribution is -2.35. The molecule has 80 valence electrons. The lowest BCUT2D eigenvalue weighted by atomic mass is 10.0. The Morgan fingerprint density at radius 2 is 2.07 bits per heavy atom. The number of nitrogens with one attached hydrogen (secondary N) is 1. The second-order valence-electron chi connectivity index (χ2n) is 3.57. The van der Waals surface area contributed by atoms with Gasteiger partial charge in [-0.1, -0.05) is 30.3 Å². The highest BCUT2D eigenvalue weighted by atomic mass is 16.6. The molecule has 1 aromatic carbocycles. The summed E-state index contributed by atoms with van der Waals surface area (Å²) >= 11 is 0. The van der Waals surface area contributed by atoms with E-state index in [1.54, 1.807) is 0 Å². The monoisotopic (exact) mass is 207 g/mol. The van der Waals surface area contributed by atoms with E-state index in [0.29, 0.717) is 6.42 Å². The zero-order valence-corrected chi connectivity index (χ0v) is 8.22. The quantitative estimate of drug-likeness (QED) is 0.767. The number of aliphatic hydroxyl groups is 1. The highest BCUT2D eigenvalue weighted by Gasteiger charge is 2.33. The van der Waals surface area contributed by atoms with Crippen molar-refractivity contribution in [2.75, 3.05) is 6.61 Å². The number of hydrogen-bond donors (Lipinski definition) is 2. The zero-order valence-electron chi connectivity index (χ0n) is 8.22. The van der Waals surface area contributed by atoms with Crippen LogP contribution >= 0.6 is 0 Å². The van der Waals surface area contributed by atoms with Gasteiger partial charge in [-0.25, -0.2) is 4.79 Å². The van der Waals surface area contributed by atoms with E-state index >= 15 is 0 Å². The number of ether oxygens (including phenoxy) is 1. The van der Waals surface area contributed by atoms with E-state index in [1.807, 2.05) is 30.3 Å². The van der Waals surface area contributed by atoms with Crippen molar-refractivity contribution in [2.45, 2.75) is 18.6 Å². The third-order valence-corrected chi connectivity index (χ3v) is 2.49. The summed E-state index contributed by atoms with van der Waals surface area (Å²) in [6.45, 7) is -0.143. The molecule has 0 radical (unpaired) electrons. The van der Waals surface area contributed by atoms with Gasteiger partial charge in [0.25, 0.3) is 0 Å². The molecule has 2 N–H and O–H groups in total. The predicted molar refractivity (Wildman–Crippen MR) is 54.4 cm³/mol. The first kappa shape index (κ1) is 9.98. The Labute approximate surface area is 87.9 Å². The largest absolute Gasteiger partial charge is 0.442 e. The molecule has 2 rings (SSSR count). The van der Waals surface area contributed by atoms with Crippen molar-refractivity contribution in [1.29, 1.82) is 0 Å². The minimum atomic E-state index is -0.449. The second kappa shape index (κ2) is 4.31. The first-order valence-corrected chi connectivity index (χ1v) is 4.91. The van der Waals surface area contributed by atoms with Crippen LogP contribution in [0, 0.1) is 0 Å². The Bertz CT molecular complexity index is 339. The van der Waals surface area contributed by atoms with Crippen molar-refractivity contribution in [3.05, 3.63) is 35.9 Å². The van der Waals surface area contributed by atoms with Gasteiger partial charge in [0.15, 0.2) is 0 Å². The molecule has 2 atom stereocenters. The van der Waals surface area contributed by atoms with Crippen molar-refractivity contribution >= 4 is 6.09 Å². The maximum absolute atomic E-state index is 11.0. The number of alkyl carbamates (subject to hydrolysis) is 1. The maximum atomic E-state index is 11.0. The highest BCUT2D eigenvalue weighted by Crippen LogP contribution is 2.13. The number of benzene rings is 1. The third-order valence-electron chi connectivity index (χ3n) is 2.49. The van der Waals surface area contributed by atoms with Crippen LogP contribution in [0.2, 0.25) is 0 Å².